The van der Waals surface area contributed by atoms with Gasteiger partial charge in [-0.2, -0.15) is 4.80 Å². The zero-order valence-electron chi connectivity index (χ0n) is 13.7. The average molecular weight is 326 g/mol. The second-order valence-corrected chi connectivity index (χ2v) is 6.53. The fourth-order valence-corrected chi connectivity index (χ4v) is 3.62. The van der Waals surface area contributed by atoms with Gasteiger partial charge < -0.3 is 4.90 Å². The molecule has 2 aliphatic heterocycles. The van der Waals surface area contributed by atoms with Gasteiger partial charge in [0.1, 0.15) is 6.54 Å². The van der Waals surface area contributed by atoms with E-state index in [1.807, 2.05) is 35.2 Å². The topological polar surface area (TPSA) is 67.2 Å². The van der Waals surface area contributed by atoms with Crippen LogP contribution in [0.2, 0.25) is 0 Å². The molecule has 0 aliphatic carbocycles. The molecule has 1 amide bonds. The Morgan fingerprint density at radius 1 is 1.12 bits per heavy atom. The first-order valence-corrected chi connectivity index (χ1v) is 8.65. The maximum Gasteiger partial charge on any atom is 0.246 e. The Bertz CT molecular complexity index is 700. The highest BCUT2D eigenvalue weighted by Crippen LogP contribution is 2.21. The molecule has 126 valence electrons. The molecule has 1 atom stereocenters. The summed E-state index contributed by atoms with van der Waals surface area (Å²) in [5.41, 5.74) is 0.909. The molecular formula is C17H22N6O. The van der Waals surface area contributed by atoms with Crippen LogP contribution >= 0.6 is 0 Å². The summed E-state index contributed by atoms with van der Waals surface area (Å²) >= 11 is 0. The third kappa shape index (κ3) is 3.17. The van der Waals surface area contributed by atoms with Crippen LogP contribution in [-0.2, 0) is 11.3 Å². The van der Waals surface area contributed by atoms with Crippen molar-refractivity contribution in [2.24, 2.45) is 0 Å². The summed E-state index contributed by atoms with van der Waals surface area (Å²) in [6.45, 7) is 3.95. The number of hydrogen-bond donors (Lipinski definition) is 0. The number of fused-ring (bicyclic) bond motifs is 1. The van der Waals surface area contributed by atoms with Crippen LogP contribution in [0.15, 0.2) is 30.3 Å². The second kappa shape index (κ2) is 6.68. The van der Waals surface area contributed by atoms with Crippen molar-refractivity contribution in [2.75, 3.05) is 26.2 Å². The number of benzene rings is 1. The lowest BCUT2D eigenvalue weighted by atomic mass is 9.99. The van der Waals surface area contributed by atoms with E-state index < -0.39 is 0 Å². The fourth-order valence-electron chi connectivity index (χ4n) is 3.62. The zero-order chi connectivity index (χ0) is 16.4. The average Bonchev–Trinajstić information content (AvgIpc) is 3.10. The summed E-state index contributed by atoms with van der Waals surface area (Å²) in [6, 6.07) is 10.2. The highest BCUT2D eigenvalue weighted by Gasteiger charge is 2.31. The van der Waals surface area contributed by atoms with E-state index in [0.717, 1.165) is 25.2 Å². The fraction of sp³-hybridized carbons (Fsp3) is 0.529. The Morgan fingerprint density at radius 3 is 2.88 bits per heavy atom. The molecule has 0 bridgehead atoms. The Morgan fingerprint density at radius 2 is 2.00 bits per heavy atom. The van der Waals surface area contributed by atoms with E-state index in [1.165, 1.54) is 30.6 Å². The van der Waals surface area contributed by atoms with Crippen molar-refractivity contribution in [3.63, 3.8) is 0 Å². The Kier molecular flexibility index (Phi) is 4.25. The van der Waals surface area contributed by atoms with Crippen LogP contribution in [0.25, 0.3) is 11.4 Å². The van der Waals surface area contributed by atoms with Crippen LogP contribution in [0, 0.1) is 0 Å². The van der Waals surface area contributed by atoms with Gasteiger partial charge in [-0.3, -0.25) is 9.69 Å². The molecule has 0 N–H and O–H groups in total. The summed E-state index contributed by atoms with van der Waals surface area (Å²) in [5.74, 6) is 0.637. The van der Waals surface area contributed by atoms with Crippen molar-refractivity contribution in [1.29, 1.82) is 0 Å². The number of carbonyl (C=O) groups excluding carboxylic acids is 1. The molecule has 24 heavy (non-hydrogen) atoms. The Hall–Kier alpha value is -2.28. The minimum absolute atomic E-state index is 0.0808. The van der Waals surface area contributed by atoms with E-state index in [2.05, 4.69) is 20.3 Å². The minimum atomic E-state index is 0.0808. The van der Waals surface area contributed by atoms with Crippen molar-refractivity contribution in [1.82, 2.24) is 30.0 Å². The molecule has 1 aromatic heterocycles. The van der Waals surface area contributed by atoms with Crippen molar-refractivity contribution in [3.05, 3.63) is 30.3 Å². The highest BCUT2D eigenvalue weighted by molar-refractivity contribution is 5.76. The molecule has 0 spiro atoms. The van der Waals surface area contributed by atoms with Gasteiger partial charge in [0.15, 0.2) is 0 Å². The number of rotatable bonds is 3. The number of amides is 1. The molecule has 2 saturated heterocycles. The molecule has 2 aliphatic rings. The number of piperazine rings is 1. The summed E-state index contributed by atoms with van der Waals surface area (Å²) in [4.78, 5) is 18.4. The smallest absolute Gasteiger partial charge is 0.246 e. The SMILES string of the molecule is O=C(Cn1nnc(-c2ccccc2)n1)N1CCN2CCCC[C@@H]2C1. The lowest BCUT2D eigenvalue weighted by Gasteiger charge is -2.43. The maximum absolute atomic E-state index is 12.6. The largest absolute Gasteiger partial charge is 0.338 e. The van der Waals surface area contributed by atoms with E-state index in [0.29, 0.717) is 11.9 Å². The summed E-state index contributed by atoms with van der Waals surface area (Å²) in [5, 5.41) is 12.4. The van der Waals surface area contributed by atoms with Gasteiger partial charge in [-0.05, 0) is 24.6 Å². The second-order valence-electron chi connectivity index (χ2n) is 6.53. The van der Waals surface area contributed by atoms with Crippen LogP contribution in [0.1, 0.15) is 19.3 Å². The van der Waals surface area contributed by atoms with Gasteiger partial charge in [-0.15, -0.1) is 10.2 Å². The molecule has 7 heteroatoms. The Balaban J connectivity index is 1.39. The summed E-state index contributed by atoms with van der Waals surface area (Å²) in [7, 11) is 0. The van der Waals surface area contributed by atoms with Crippen LogP contribution in [0.4, 0.5) is 0 Å². The molecule has 0 unspecified atom stereocenters. The van der Waals surface area contributed by atoms with Crippen molar-refractivity contribution in [2.45, 2.75) is 31.8 Å². The molecule has 4 rings (SSSR count). The van der Waals surface area contributed by atoms with Crippen LogP contribution in [0.5, 0.6) is 0 Å². The first-order valence-electron chi connectivity index (χ1n) is 8.65. The highest BCUT2D eigenvalue weighted by atomic mass is 16.2. The molecular weight excluding hydrogens is 304 g/mol. The predicted molar refractivity (Wildman–Crippen MR) is 89.0 cm³/mol. The number of hydrogen-bond acceptors (Lipinski definition) is 5. The van der Waals surface area contributed by atoms with Gasteiger partial charge >= 0.3 is 0 Å². The standard InChI is InChI=1S/C17H22N6O/c24-16(22-11-10-21-9-5-4-8-15(21)12-22)13-23-19-17(18-20-23)14-6-2-1-3-7-14/h1-3,6-7,15H,4-5,8-13H2/t15-/m1/s1. The Labute approximate surface area is 141 Å². The van der Waals surface area contributed by atoms with E-state index in [-0.39, 0.29) is 12.5 Å². The molecule has 2 fully saturated rings. The van der Waals surface area contributed by atoms with Crippen LogP contribution in [-0.4, -0.2) is 68.1 Å². The number of tetrazole rings is 1. The number of aromatic nitrogens is 4. The third-order valence-electron chi connectivity index (χ3n) is 4.95. The lowest BCUT2D eigenvalue weighted by Crippen LogP contribution is -2.56. The summed E-state index contributed by atoms with van der Waals surface area (Å²) in [6.07, 6.45) is 3.76. The predicted octanol–water partition coefficient (Wildman–Crippen LogP) is 1.04. The minimum Gasteiger partial charge on any atom is -0.338 e. The van der Waals surface area contributed by atoms with Crippen molar-refractivity contribution >= 4 is 5.91 Å². The number of carbonyl (C=O) groups is 1. The maximum atomic E-state index is 12.6. The van der Waals surface area contributed by atoms with Gasteiger partial charge in [0.05, 0.1) is 0 Å². The normalized spacial score (nSPS) is 21.5. The van der Waals surface area contributed by atoms with Gasteiger partial charge in [0.2, 0.25) is 11.7 Å². The molecule has 0 saturated carbocycles. The molecule has 1 aromatic carbocycles. The van der Waals surface area contributed by atoms with Gasteiger partial charge in [-0.1, -0.05) is 36.8 Å². The van der Waals surface area contributed by atoms with Gasteiger partial charge in [0, 0.05) is 31.2 Å². The van der Waals surface area contributed by atoms with E-state index in [9.17, 15) is 4.79 Å². The number of nitrogens with zero attached hydrogens (tertiary/aromatic N) is 6. The molecule has 3 heterocycles. The number of piperidine rings is 1. The monoisotopic (exact) mass is 326 g/mol. The lowest BCUT2D eigenvalue weighted by molar-refractivity contribution is -0.135. The summed E-state index contributed by atoms with van der Waals surface area (Å²) < 4.78 is 0. The van der Waals surface area contributed by atoms with Crippen LogP contribution < -0.4 is 0 Å². The quantitative estimate of drug-likeness (QED) is 0.843. The zero-order valence-corrected chi connectivity index (χ0v) is 13.7. The third-order valence-corrected chi connectivity index (χ3v) is 4.95. The molecule has 2 aromatic rings. The first kappa shape index (κ1) is 15.3. The van der Waals surface area contributed by atoms with Crippen molar-refractivity contribution in [3.8, 4) is 11.4 Å². The van der Waals surface area contributed by atoms with Gasteiger partial charge in [-0.25, -0.2) is 0 Å². The molecule has 0 radical (unpaired) electrons. The molecule has 7 nitrogen and oxygen atoms in total. The van der Waals surface area contributed by atoms with E-state index >= 15 is 0 Å². The van der Waals surface area contributed by atoms with Crippen LogP contribution in [0.3, 0.4) is 0 Å². The van der Waals surface area contributed by atoms with Gasteiger partial charge in [0.25, 0.3) is 0 Å². The van der Waals surface area contributed by atoms with E-state index in [4.69, 9.17) is 0 Å². The first-order chi connectivity index (χ1) is 11.8. The van der Waals surface area contributed by atoms with Crippen molar-refractivity contribution < 1.29 is 4.79 Å². The van der Waals surface area contributed by atoms with E-state index in [1.54, 1.807) is 0 Å².